The van der Waals surface area contributed by atoms with Crippen molar-refractivity contribution < 1.29 is 9.53 Å². The van der Waals surface area contributed by atoms with Gasteiger partial charge >= 0.3 is 5.97 Å². The van der Waals surface area contributed by atoms with Crippen molar-refractivity contribution >= 4 is 27.5 Å². The zero-order chi connectivity index (χ0) is 20.7. The average Bonchev–Trinajstić information content (AvgIpc) is 3.33. The monoisotopic (exact) mass is 413 g/mol. The van der Waals surface area contributed by atoms with Gasteiger partial charge in [0.15, 0.2) is 0 Å². The van der Waals surface area contributed by atoms with Gasteiger partial charge in [-0.15, -0.1) is 11.3 Å². The van der Waals surface area contributed by atoms with Crippen molar-refractivity contribution in [1.29, 1.82) is 0 Å². The van der Waals surface area contributed by atoms with Crippen molar-refractivity contribution in [1.82, 2.24) is 4.98 Å². The fourth-order valence-corrected chi connectivity index (χ4v) is 5.61. The van der Waals surface area contributed by atoms with E-state index in [1.807, 2.05) is 37.3 Å². The van der Waals surface area contributed by atoms with Gasteiger partial charge in [0.05, 0.1) is 11.3 Å². The van der Waals surface area contributed by atoms with E-state index in [4.69, 9.17) is 9.72 Å². The molecule has 4 aromatic rings. The Bertz CT molecular complexity index is 1240. The Labute approximate surface area is 180 Å². The van der Waals surface area contributed by atoms with Gasteiger partial charge in [0, 0.05) is 15.8 Å². The summed E-state index contributed by atoms with van der Waals surface area (Å²) in [5.41, 5.74) is 6.90. The molecule has 0 aliphatic heterocycles. The number of nitrogens with zero attached hydrogens (tertiary/aromatic N) is 1. The van der Waals surface area contributed by atoms with E-state index in [1.165, 1.54) is 22.4 Å². The molecule has 150 valence electrons. The molecule has 0 bridgehead atoms. The first-order valence-corrected chi connectivity index (χ1v) is 11.2. The normalized spacial score (nSPS) is 12.9. The van der Waals surface area contributed by atoms with Crippen LogP contribution in [-0.4, -0.2) is 11.0 Å². The van der Waals surface area contributed by atoms with Gasteiger partial charge in [0.2, 0.25) is 0 Å². The second-order valence-electron chi connectivity index (χ2n) is 7.91. The lowest BCUT2D eigenvalue weighted by Gasteiger charge is -2.15. The third-order valence-corrected chi connectivity index (χ3v) is 6.98. The van der Waals surface area contributed by atoms with Gasteiger partial charge < -0.3 is 4.74 Å². The molecule has 1 aliphatic carbocycles. The summed E-state index contributed by atoms with van der Waals surface area (Å²) in [6.07, 6.45) is 3.33. The number of fused-ring (bicyclic) bond motifs is 3. The standard InChI is InChI=1S/C26H23NO2S/c1-16-11-13-19(14-12-16)23-22(26(28)29-15-18-7-4-3-5-8-18)17(2)27-25-24(23)20-9-6-10-21(20)30-25/h3-5,7-8,11-14H,6,9-10,15H2,1-2H3. The van der Waals surface area contributed by atoms with Crippen molar-refractivity contribution in [3.63, 3.8) is 0 Å². The number of hydrogen-bond acceptors (Lipinski definition) is 4. The molecule has 2 heterocycles. The number of rotatable bonds is 4. The van der Waals surface area contributed by atoms with Crippen LogP contribution in [-0.2, 0) is 24.2 Å². The Kier molecular flexibility index (Phi) is 4.87. The van der Waals surface area contributed by atoms with E-state index in [2.05, 4.69) is 31.2 Å². The summed E-state index contributed by atoms with van der Waals surface area (Å²) in [7, 11) is 0. The highest BCUT2D eigenvalue weighted by molar-refractivity contribution is 7.19. The molecular formula is C26H23NO2S. The molecule has 0 saturated carbocycles. The topological polar surface area (TPSA) is 39.2 Å². The number of aryl methyl sites for hydroxylation is 4. The Morgan fingerprint density at radius 3 is 2.57 bits per heavy atom. The lowest BCUT2D eigenvalue weighted by atomic mass is 9.93. The first-order chi connectivity index (χ1) is 14.6. The maximum atomic E-state index is 13.3. The van der Waals surface area contributed by atoms with Crippen LogP contribution < -0.4 is 0 Å². The molecule has 2 aromatic carbocycles. The maximum Gasteiger partial charge on any atom is 0.340 e. The van der Waals surface area contributed by atoms with Crippen LogP contribution in [0.4, 0.5) is 0 Å². The summed E-state index contributed by atoms with van der Waals surface area (Å²) in [6, 6.07) is 18.2. The minimum atomic E-state index is -0.306. The number of ether oxygens (including phenoxy) is 1. The van der Waals surface area contributed by atoms with Crippen molar-refractivity contribution in [3.8, 4) is 11.1 Å². The van der Waals surface area contributed by atoms with Crippen molar-refractivity contribution in [3.05, 3.63) is 87.4 Å². The van der Waals surface area contributed by atoms with E-state index >= 15 is 0 Å². The third kappa shape index (κ3) is 3.31. The van der Waals surface area contributed by atoms with Gasteiger partial charge in [0.25, 0.3) is 0 Å². The second kappa shape index (κ2) is 7.69. The minimum absolute atomic E-state index is 0.256. The number of thiophene rings is 1. The van der Waals surface area contributed by atoms with Gasteiger partial charge in [-0.2, -0.15) is 0 Å². The number of esters is 1. The second-order valence-corrected chi connectivity index (χ2v) is 9.00. The smallest absolute Gasteiger partial charge is 0.340 e. The van der Waals surface area contributed by atoms with Crippen LogP contribution in [0.2, 0.25) is 0 Å². The molecule has 5 rings (SSSR count). The first kappa shape index (κ1) is 19.0. The highest BCUT2D eigenvalue weighted by Gasteiger charge is 2.27. The van der Waals surface area contributed by atoms with Gasteiger partial charge in [-0.1, -0.05) is 60.2 Å². The van der Waals surface area contributed by atoms with E-state index in [-0.39, 0.29) is 12.6 Å². The maximum absolute atomic E-state index is 13.3. The number of hydrogen-bond donors (Lipinski definition) is 0. The summed E-state index contributed by atoms with van der Waals surface area (Å²) < 4.78 is 5.75. The highest BCUT2D eigenvalue weighted by atomic mass is 32.1. The van der Waals surface area contributed by atoms with Crippen LogP contribution in [0.15, 0.2) is 54.6 Å². The van der Waals surface area contributed by atoms with Gasteiger partial charge in [-0.05, 0) is 49.8 Å². The molecular weight excluding hydrogens is 390 g/mol. The predicted octanol–water partition coefficient (Wildman–Crippen LogP) is 6.43. The van der Waals surface area contributed by atoms with Crippen LogP contribution in [0.1, 0.15) is 44.0 Å². The van der Waals surface area contributed by atoms with E-state index < -0.39 is 0 Å². The fourth-order valence-electron chi connectivity index (χ4n) is 4.29. The zero-order valence-corrected chi connectivity index (χ0v) is 18.0. The van der Waals surface area contributed by atoms with E-state index in [0.717, 1.165) is 45.4 Å². The number of carbonyl (C=O) groups is 1. The largest absolute Gasteiger partial charge is 0.457 e. The Morgan fingerprint density at radius 2 is 1.80 bits per heavy atom. The molecule has 0 spiro atoms. The Morgan fingerprint density at radius 1 is 1.03 bits per heavy atom. The quantitative estimate of drug-likeness (QED) is 0.362. The fraction of sp³-hybridized carbons (Fsp3) is 0.231. The third-order valence-electron chi connectivity index (χ3n) is 5.79. The molecule has 3 nitrogen and oxygen atoms in total. The summed E-state index contributed by atoms with van der Waals surface area (Å²) >= 11 is 1.78. The summed E-state index contributed by atoms with van der Waals surface area (Å²) in [6.45, 7) is 4.25. The first-order valence-electron chi connectivity index (χ1n) is 10.3. The number of pyridine rings is 1. The van der Waals surface area contributed by atoms with E-state index in [9.17, 15) is 4.79 Å². The van der Waals surface area contributed by atoms with Crippen LogP contribution in [0.25, 0.3) is 21.3 Å². The molecule has 0 atom stereocenters. The Hall–Kier alpha value is -2.98. The molecule has 0 saturated heterocycles. The summed E-state index contributed by atoms with van der Waals surface area (Å²) in [5, 5.41) is 1.15. The summed E-state index contributed by atoms with van der Waals surface area (Å²) in [5.74, 6) is -0.306. The minimum Gasteiger partial charge on any atom is -0.457 e. The average molecular weight is 414 g/mol. The van der Waals surface area contributed by atoms with Gasteiger partial charge in [-0.3, -0.25) is 0 Å². The molecule has 30 heavy (non-hydrogen) atoms. The molecule has 0 radical (unpaired) electrons. The lowest BCUT2D eigenvalue weighted by molar-refractivity contribution is 0.0472. The van der Waals surface area contributed by atoms with Crippen molar-refractivity contribution in [2.75, 3.05) is 0 Å². The number of benzene rings is 2. The van der Waals surface area contributed by atoms with Crippen LogP contribution in [0.3, 0.4) is 0 Å². The van der Waals surface area contributed by atoms with Crippen LogP contribution in [0, 0.1) is 13.8 Å². The SMILES string of the molecule is Cc1ccc(-c2c(C(=O)OCc3ccccc3)c(C)nc3sc4c(c23)CCC4)cc1. The summed E-state index contributed by atoms with van der Waals surface area (Å²) in [4.78, 5) is 20.6. The van der Waals surface area contributed by atoms with Crippen LogP contribution in [0.5, 0.6) is 0 Å². The highest BCUT2D eigenvalue weighted by Crippen LogP contribution is 2.43. The molecule has 1 aliphatic rings. The van der Waals surface area contributed by atoms with Crippen molar-refractivity contribution in [2.45, 2.75) is 39.7 Å². The molecule has 0 fully saturated rings. The zero-order valence-electron chi connectivity index (χ0n) is 17.2. The van der Waals surface area contributed by atoms with E-state index in [0.29, 0.717) is 5.56 Å². The molecule has 0 N–H and O–H groups in total. The molecule has 0 amide bonds. The molecule has 2 aromatic heterocycles. The van der Waals surface area contributed by atoms with E-state index in [1.54, 1.807) is 11.3 Å². The van der Waals surface area contributed by atoms with Gasteiger partial charge in [-0.25, -0.2) is 9.78 Å². The molecule has 0 unspecified atom stereocenters. The Balaban J connectivity index is 1.66. The predicted molar refractivity (Wildman–Crippen MR) is 122 cm³/mol. The number of carbonyl (C=O) groups excluding carboxylic acids is 1. The van der Waals surface area contributed by atoms with Gasteiger partial charge in [0.1, 0.15) is 11.4 Å². The number of aromatic nitrogens is 1. The van der Waals surface area contributed by atoms with Crippen molar-refractivity contribution in [2.24, 2.45) is 0 Å². The molecule has 4 heteroatoms. The van der Waals surface area contributed by atoms with Crippen LogP contribution >= 0.6 is 11.3 Å². The lowest BCUT2D eigenvalue weighted by Crippen LogP contribution is -2.11.